The number of nitrogens with zero attached hydrogens (tertiary/aromatic N) is 4. The van der Waals surface area contributed by atoms with E-state index in [1.165, 1.54) is 11.3 Å². The molecular weight excluding hydrogens is 262 g/mol. The monoisotopic (exact) mass is 291 g/mol. The molecule has 21 heavy (non-hydrogen) atoms. The number of aromatic nitrogens is 2. The predicted molar refractivity (Wildman–Crippen MR) is 87.4 cm³/mol. The minimum Gasteiger partial charge on any atom is -0.352 e. The van der Waals surface area contributed by atoms with Gasteiger partial charge in [0.25, 0.3) is 0 Å². The summed E-state index contributed by atoms with van der Waals surface area (Å²) < 4.78 is 1.94. The zero-order valence-electron chi connectivity index (χ0n) is 14.7. The van der Waals surface area contributed by atoms with Gasteiger partial charge in [-0.05, 0) is 27.7 Å². The van der Waals surface area contributed by atoms with Crippen LogP contribution in [0, 0.1) is 19.3 Å². The van der Waals surface area contributed by atoms with Crippen molar-refractivity contribution in [2.24, 2.45) is 17.5 Å². The molecule has 1 aliphatic heterocycles. The molecule has 2 heterocycles. The Morgan fingerprint density at radius 3 is 2.29 bits per heavy atom. The molecule has 1 fully saturated rings. The van der Waals surface area contributed by atoms with Crippen molar-refractivity contribution in [3.63, 3.8) is 0 Å². The molecule has 0 saturated carbocycles. The summed E-state index contributed by atoms with van der Waals surface area (Å²) in [6.45, 7) is 15.2. The maximum absolute atomic E-state index is 4.47. The van der Waals surface area contributed by atoms with Gasteiger partial charge < -0.3 is 10.2 Å². The molecule has 0 unspecified atom stereocenters. The zero-order chi connectivity index (χ0) is 16.0. The third-order valence-electron chi connectivity index (χ3n) is 5.43. The molecule has 1 saturated heterocycles. The SMILES string of the molecule is CN=C(NCc1c(C)nn(C)c1C)N1CC(C)(C)C1(C)C. The Morgan fingerprint density at radius 2 is 1.90 bits per heavy atom. The summed E-state index contributed by atoms with van der Waals surface area (Å²) in [7, 11) is 3.84. The maximum atomic E-state index is 4.47. The van der Waals surface area contributed by atoms with Crippen molar-refractivity contribution in [1.82, 2.24) is 20.0 Å². The van der Waals surface area contributed by atoms with Crippen molar-refractivity contribution < 1.29 is 0 Å². The largest absolute Gasteiger partial charge is 0.352 e. The van der Waals surface area contributed by atoms with E-state index < -0.39 is 0 Å². The van der Waals surface area contributed by atoms with Crippen LogP contribution in [0.2, 0.25) is 0 Å². The van der Waals surface area contributed by atoms with Crippen LogP contribution in [0.15, 0.2) is 4.99 Å². The number of hydrogen-bond acceptors (Lipinski definition) is 2. The fraction of sp³-hybridized carbons (Fsp3) is 0.750. The molecule has 118 valence electrons. The second-order valence-electron chi connectivity index (χ2n) is 7.20. The molecule has 0 aromatic carbocycles. The summed E-state index contributed by atoms with van der Waals surface area (Å²) >= 11 is 0. The third-order valence-corrected chi connectivity index (χ3v) is 5.43. The van der Waals surface area contributed by atoms with Crippen molar-refractivity contribution in [3.05, 3.63) is 17.0 Å². The molecule has 1 N–H and O–H groups in total. The van der Waals surface area contributed by atoms with Gasteiger partial charge in [0.1, 0.15) is 0 Å². The molecule has 0 aliphatic carbocycles. The number of rotatable bonds is 2. The van der Waals surface area contributed by atoms with E-state index in [4.69, 9.17) is 0 Å². The Morgan fingerprint density at radius 1 is 1.29 bits per heavy atom. The highest BCUT2D eigenvalue weighted by Crippen LogP contribution is 2.46. The van der Waals surface area contributed by atoms with Gasteiger partial charge in [0.05, 0.1) is 5.69 Å². The van der Waals surface area contributed by atoms with Crippen LogP contribution in [0.25, 0.3) is 0 Å². The Balaban J connectivity index is 2.09. The Labute approximate surface area is 128 Å². The van der Waals surface area contributed by atoms with E-state index in [1.807, 2.05) is 18.8 Å². The van der Waals surface area contributed by atoms with Gasteiger partial charge in [-0.1, -0.05) is 13.8 Å². The van der Waals surface area contributed by atoms with E-state index in [0.29, 0.717) is 5.41 Å². The Kier molecular flexibility index (Phi) is 3.80. The summed E-state index contributed by atoms with van der Waals surface area (Å²) in [4.78, 5) is 6.81. The Bertz CT molecular complexity index is 565. The van der Waals surface area contributed by atoms with Gasteiger partial charge in [-0.3, -0.25) is 9.67 Å². The average Bonchev–Trinajstić information content (AvgIpc) is 2.63. The number of aryl methyl sites for hydroxylation is 2. The van der Waals surface area contributed by atoms with E-state index in [1.54, 1.807) is 0 Å². The summed E-state index contributed by atoms with van der Waals surface area (Å²) in [6.07, 6.45) is 0. The highest BCUT2D eigenvalue weighted by molar-refractivity contribution is 5.82. The topological polar surface area (TPSA) is 45.5 Å². The van der Waals surface area contributed by atoms with Gasteiger partial charge in [-0.15, -0.1) is 0 Å². The van der Waals surface area contributed by atoms with Crippen molar-refractivity contribution in [2.75, 3.05) is 13.6 Å². The first-order valence-electron chi connectivity index (χ1n) is 7.59. The van der Waals surface area contributed by atoms with Gasteiger partial charge in [0, 0.05) is 49.4 Å². The van der Waals surface area contributed by atoms with Crippen LogP contribution < -0.4 is 5.32 Å². The van der Waals surface area contributed by atoms with Crippen LogP contribution in [-0.2, 0) is 13.6 Å². The fourth-order valence-electron chi connectivity index (χ4n) is 2.94. The van der Waals surface area contributed by atoms with Crippen LogP contribution in [0.5, 0.6) is 0 Å². The van der Waals surface area contributed by atoms with Crippen molar-refractivity contribution in [3.8, 4) is 0 Å². The lowest BCUT2D eigenvalue weighted by atomic mass is 9.65. The van der Waals surface area contributed by atoms with Crippen LogP contribution in [-0.4, -0.2) is 39.8 Å². The molecule has 2 rings (SSSR count). The third kappa shape index (κ3) is 2.43. The molecular formula is C16H29N5. The number of nitrogens with one attached hydrogen (secondary N) is 1. The molecule has 0 spiro atoms. The first kappa shape index (κ1) is 15.9. The molecule has 5 heteroatoms. The number of guanidine groups is 1. The van der Waals surface area contributed by atoms with Crippen LogP contribution in [0.1, 0.15) is 44.6 Å². The van der Waals surface area contributed by atoms with Crippen molar-refractivity contribution in [2.45, 2.75) is 53.6 Å². The fourth-order valence-corrected chi connectivity index (χ4v) is 2.94. The molecule has 1 aliphatic rings. The van der Waals surface area contributed by atoms with Crippen molar-refractivity contribution in [1.29, 1.82) is 0 Å². The lowest BCUT2D eigenvalue weighted by Gasteiger charge is -2.62. The Hall–Kier alpha value is -1.52. The van der Waals surface area contributed by atoms with Crippen molar-refractivity contribution >= 4 is 5.96 Å². The van der Waals surface area contributed by atoms with Gasteiger partial charge in [-0.25, -0.2) is 0 Å². The lowest BCUT2D eigenvalue weighted by Crippen LogP contribution is -2.72. The average molecular weight is 291 g/mol. The zero-order valence-corrected chi connectivity index (χ0v) is 14.7. The van der Waals surface area contributed by atoms with E-state index in [-0.39, 0.29) is 5.54 Å². The molecule has 1 aromatic heterocycles. The number of likely N-dealkylation sites (tertiary alicyclic amines) is 1. The van der Waals surface area contributed by atoms with Crippen LogP contribution in [0.3, 0.4) is 0 Å². The summed E-state index contributed by atoms with van der Waals surface area (Å²) in [5, 5.41) is 7.97. The van der Waals surface area contributed by atoms with E-state index in [9.17, 15) is 0 Å². The maximum Gasteiger partial charge on any atom is 0.194 e. The second kappa shape index (κ2) is 5.04. The number of hydrogen-bond donors (Lipinski definition) is 1. The molecule has 0 amide bonds. The molecule has 0 radical (unpaired) electrons. The van der Waals surface area contributed by atoms with Gasteiger partial charge in [0.15, 0.2) is 5.96 Å². The van der Waals surface area contributed by atoms with Gasteiger partial charge in [-0.2, -0.15) is 5.10 Å². The van der Waals surface area contributed by atoms with Crippen LogP contribution in [0.4, 0.5) is 0 Å². The highest BCUT2D eigenvalue weighted by atomic mass is 15.4. The summed E-state index contributed by atoms with van der Waals surface area (Å²) in [5.74, 6) is 0.974. The van der Waals surface area contributed by atoms with Gasteiger partial charge in [0.2, 0.25) is 0 Å². The number of aliphatic imine (C=N–C) groups is 1. The quantitative estimate of drug-likeness (QED) is 0.671. The van der Waals surface area contributed by atoms with Gasteiger partial charge >= 0.3 is 0 Å². The molecule has 0 bridgehead atoms. The lowest BCUT2D eigenvalue weighted by molar-refractivity contribution is -0.0667. The van der Waals surface area contributed by atoms with E-state index in [0.717, 1.165) is 24.7 Å². The normalized spacial score (nSPS) is 20.4. The first-order chi connectivity index (χ1) is 9.61. The highest BCUT2D eigenvalue weighted by Gasteiger charge is 2.53. The standard InChI is InChI=1S/C16H29N5/c1-11-13(12(2)20(8)19-11)9-18-14(17-7)21-10-15(3,4)16(21,5)6/h9-10H2,1-8H3,(H,17,18). The molecule has 0 atom stereocenters. The minimum absolute atomic E-state index is 0.119. The summed E-state index contributed by atoms with van der Waals surface area (Å²) in [5.41, 5.74) is 3.98. The molecule has 1 aromatic rings. The second-order valence-corrected chi connectivity index (χ2v) is 7.20. The van der Waals surface area contributed by atoms with E-state index in [2.05, 4.69) is 61.9 Å². The smallest absolute Gasteiger partial charge is 0.194 e. The van der Waals surface area contributed by atoms with E-state index >= 15 is 0 Å². The molecule has 5 nitrogen and oxygen atoms in total. The summed E-state index contributed by atoms with van der Waals surface area (Å²) in [6, 6.07) is 0. The predicted octanol–water partition coefficient (Wildman–Crippen LogP) is 2.23. The van der Waals surface area contributed by atoms with Crippen LogP contribution >= 0.6 is 0 Å². The first-order valence-corrected chi connectivity index (χ1v) is 7.59. The minimum atomic E-state index is 0.119.